The minimum absolute atomic E-state index is 0.729. The highest BCUT2D eigenvalue weighted by Crippen LogP contribution is 2.20. The first-order chi connectivity index (χ1) is 7.18. The summed E-state index contributed by atoms with van der Waals surface area (Å²) in [4.78, 5) is 10.0. The molecule has 0 aliphatic rings. The second-order valence-electron chi connectivity index (χ2n) is 2.45. The van der Waals surface area contributed by atoms with E-state index in [2.05, 4.69) is 0 Å². The van der Waals surface area contributed by atoms with Crippen LogP contribution < -0.4 is 0 Å². The van der Waals surface area contributed by atoms with Crippen LogP contribution in [-0.2, 0) is 10.1 Å². The molecule has 0 amide bonds. The van der Waals surface area contributed by atoms with Crippen LogP contribution in [0.15, 0.2) is 30.3 Å². The Morgan fingerprint density at radius 1 is 1.12 bits per heavy atom. The molecular formula is C8H7F3O4S. The van der Waals surface area contributed by atoms with Crippen LogP contribution in [0, 0.1) is 0 Å². The third kappa shape index (κ3) is 5.47. The maximum atomic E-state index is 10.7. The molecule has 1 N–H and O–H groups in total. The van der Waals surface area contributed by atoms with Gasteiger partial charge in [0, 0.05) is 5.56 Å². The van der Waals surface area contributed by atoms with Gasteiger partial charge in [-0.2, -0.15) is 21.6 Å². The summed E-state index contributed by atoms with van der Waals surface area (Å²) in [6.45, 7) is 0. The van der Waals surface area contributed by atoms with Gasteiger partial charge in [0.15, 0.2) is 0 Å². The molecule has 8 heteroatoms. The lowest BCUT2D eigenvalue weighted by molar-refractivity contribution is -0.0510. The van der Waals surface area contributed by atoms with Crippen LogP contribution in [-0.4, -0.2) is 24.8 Å². The van der Waals surface area contributed by atoms with E-state index in [1.165, 1.54) is 0 Å². The van der Waals surface area contributed by atoms with Crippen LogP contribution in [0.3, 0.4) is 0 Å². The zero-order chi connectivity index (χ0) is 12.8. The maximum absolute atomic E-state index is 10.7. The summed E-state index contributed by atoms with van der Waals surface area (Å²) >= 11 is 0. The van der Waals surface area contributed by atoms with Crippen LogP contribution in [0.25, 0.3) is 0 Å². The molecule has 0 bridgehead atoms. The van der Waals surface area contributed by atoms with E-state index in [0.717, 1.165) is 11.8 Å². The lowest BCUT2D eigenvalue weighted by Crippen LogP contribution is -2.21. The lowest BCUT2D eigenvalue weighted by Gasteiger charge is -1.97. The highest BCUT2D eigenvalue weighted by molar-refractivity contribution is 7.86. The number of hydrogen-bond acceptors (Lipinski definition) is 3. The van der Waals surface area contributed by atoms with Crippen molar-refractivity contribution in [2.24, 2.45) is 0 Å². The maximum Gasteiger partial charge on any atom is 0.522 e. The molecule has 0 atom stereocenters. The van der Waals surface area contributed by atoms with Gasteiger partial charge in [0.25, 0.3) is 0 Å². The number of carbonyl (C=O) groups is 1. The van der Waals surface area contributed by atoms with E-state index < -0.39 is 15.6 Å². The Bertz CT molecular complexity index is 424. The molecule has 0 saturated heterocycles. The van der Waals surface area contributed by atoms with Crippen molar-refractivity contribution >= 4 is 16.4 Å². The van der Waals surface area contributed by atoms with Crippen molar-refractivity contribution in [2.75, 3.05) is 0 Å². The molecule has 1 aromatic carbocycles. The monoisotopic (exact) mass is 256 g/mol. The number of halogens is 3. The molecule has 0 spiro atoms. The Balaban J connectivity index is 0.000000281. The van der Waals surface area contributed by atoms with E-state index in [-0.39, 0.29) is 0 Å². The average Bonchev–Trinajstić information content (AvgIpc) is 2.17. The third-order valence-corrected chi connectivity index (χ3v) is 1.81. The van der Waals surface area contributed by atoms with E-state index in [4.69, 9.17) is 13.0 Å². The fourth-order valence-electron chi connectivity index (χ4n) is 0.532. The number of benzene rings is 1. The topological polar surface area (TPSA) is 71.4 Å². The van der Waals surface area contributed by atoms with Crippen LogP contribution in [0.5, 0.6) is 0 Å². The van der Waals surface area contributed by atoms with Gasteiger partial charge >= 0.3 is 15.6 Å². The van der Waals surface area contributed by atoms with E-state index in [0.29, 0.717) is 0 Å². The van der Waals surface area contributed by atoms with Crippen LogP contribution in [0.1, 0.15) is 10.4 Å². The first-order valence-corrected chi connectivity index (χ1v) is 5.16. The van der Waals surface area contributed by atoms with E-state index in [1.807, 2.05) is 18.2 Å². The van der Waals surface area contributed by atoms with E-state index in [1.54, 1.807) is 12.1 Å². The fourth-order valence-corrected chi connectivity index (χ4v) is 0.532. The predicted octanol–water partition coefficient (Wildman–Crippen LogP) is 1.89. The summed E-state index contributed by atoms with van der Waals surface area (Å²) in [6, 6.07) is 9.10. The normalized spacial score (nSPS) is 11.2. The Labute approximate surface area is 89.5 Å². The zero-order valence-corrected chi connectivity index (χ0v) is 8.49. The summed E-state index contributed by atoms with van der Waals surface area (Å²) in [5.41, 5.74) is -4.81. The van der Waals surface area contributed by atoms with Gasteiger partial charge in [-0.25, -0.2) is 0 Å². The number of aldehydes is 1. The van der Waals surface area contributed by atoms with Crippen LogP contribution >= 0.6 is 0 Å². The Hall–Kier alpha value is -1.41. The summed E-state index contributed by atoms with van der Waals surface area (Å²) in [5, 5.41) is 0. The Morgan fingerprint density at radius 2 is 1.50 bits per heavy atom. The number of hydrogen-bond donors (Lipinski definition) is 1. The van der Waals surface area contributed by atoms with E-state index in [9.17, 15) is 18.0 Å². The highest BCUT2D eigenvalue weighted by Gasteiger charge is 2.44. The van der Waals surface area contributed by atoms with Gasteiger partial charge in [0.05, 0.1) is 0 Å². The SMILES string of the molecule is O=Cc1ccccc1.O=S(=O)(O)C(F)(F)F. The summed E-state index contributed by atoms with van der Waals surface area (Å²) in [5.74, 6) is 0. The molecule has 1 rings (SSSR count). The smallest absolute Gasteiger partial charge is 0.298 e. The van der Waals surface area contributed by atoms with Gasteiger partial charge < -0.3 is 0 Å². The zero-order valence-electron chi connectivity index (χ0n) is 7.68. The quantitative estimate of drug-likeness (QED) is 0.473. The summed E-state index contributed by atoms with van der Waals surface area (Å²) < 4.78 is 57.5. The first-order valence-electron chi connectivity index (χ1n) is 3.72. The molecule has 90 valence electrons. The van der Waals surface area contributed by atoms with Gasteiger partial charge in [-0.05, 0) is 0 Å². The van der Waals surface area contributed by atoms with Crippen LogP contribution in [0.2, 0.25) is 0 Å². The second-order valence-corrected chi connectivity index (χ2v) is 3.86. The van der Waals surface area contributed by atoms with Gasteiger partial charge in [-0.3, -0.25) is 9.35 Å². The number of carbonyl (C=O) groups excluding carboxylic acids is 1. The van der Waals surface area contributed by atoms with Gasteiger partial charge in [0.2, 0.25) is 0 Å². The largest absolute Gasteiger partial charge is 0.522 e. The standard InChI is InChI=1S/C7H6O.CHF3O3S/c8-6-7-4-2-1-3-5-7;2-1(3,4)8(5,6)7/h1-6H;(H,5,6,7). The third-order valence-electron chi connectivity index (χ3n) is 1.23. The minimum Gasteiger partial charge on any atom is -0.298 e. The lowest BCUT2D eigenvalue weighted by atomic mass is 10.2. The van der Waals surface area contributed by atoms with E-state index >= 15 is 0 Å². The van der Waals surface area contributed by atoms with Crippen molar-refractivity contribution in [2.45, 2.75) is 5.51 Å². The van der Waals surface area contributed by atoms with Gasteiger partial charge in [-0.1, -0.05) is 30.3 Å². The van der Waals surface area contributed by atoms with Gasteiger partial charge in [-0.15, -0.1) is 0 Å². The number of rotatable bonds is 1. The molecule has 0 radical (unpaired) electrons. The molecular weight excluding hydrogens is 249 g/mol. The summed E-state index contributed by atoms with van der Waals surface area (Å²) in [6.07, 6.45) is 0.833. The molecule has 1 aromatic rings. The van der Waals surface area contributed by atoms with Crippen LogP contribution in [0.4, 0.5) is 13.2 Å². The molecule has 0 aliphatic carbocycles. The molecule has 0 aromatic heterocycles. The number of alkyl halides is 3. The van der Waals surface area contributed by atoms with Crippen molar-refractivity contribution in [3.63, 3.8) is 0 Å². The Morgan fingerprint density at radius 3 is 1.69 bits per heavy atom. The van der Waals surface area contributed by atoms with Crippen molar-refractivity contribution in [3.05, 3.63) is 35.9 Å². The molecule has 0 saturated carbocycles. The Kier molecular flexibility index (Phi) is 5.12. The van der Waals surface area contributed by atoms with Gasteiger partial charge in [0.1, 0.15) is 6.29 Å². The van der Waals surface area contributed by atoms with Crippen molar-refractivity contribution in [1.29, 1.82) is 0 Å². The minimum atomic E-state index is -5.84. The predicted molar refractivity (Wildman–Crippen MR) is 49.4 cm³/mol. The first kappa shape index (κ1) is 14.6. The molecule has 0 unspecified atom stereocenters. The summed E-state index contributed by atoms with van der Waals surface area (Å²) in [7, 11) is -5.84. The van der Waals surface area contributed by atoms with Crippen molar-refractivity contribution < 1.29 is 30.9 Å². The average molecular weight is 256 g/mol. The molecule has 0 fully saturated rings. The molecule has 16 heavy (non-hydrogen) atoms. The highest BCUT2D eigenvalue weighted by atomic mass is 32.2. The fraction of sp³-hybridized carbons (Fsp3) is 0.125. The van der Waals surface area contributed by atoms with Crippen molar-refractivity contribution in [1.82, 2.24) is 0 Å². The molecule has 0 heterocycles. The van der Waals surface area contributed by atoms with Crippen molar-refractivity contribution in [3.8, 4) is 0 Å². The second kappa shape index (κ2) is 5.61. The molecule has 0 aliphatic heterocycles. The molecule has 4 nitrogen and oxygen atoms in total.